The van der Waals surface area contributed by atoms with Crippen LogP contribution in [0.5, 0.6) is 0 Å². The molecule has 0 aliphatic rings. The van der Waals surface area contributed by atoms with Gasteiger partial charge in [-0.05, 0) is 25.7 Å². The van der Waals surface area contributed by atoms with Crippen molar-refractivity contribution in [3.05, 3.63) is 0 Å². The maximum absolute atomic E-state index is 9.19. The molecule has 3 heteroatoms. The van der Waals surface area contributed by atoms with Gasteiger partial charge in [-0.1, -0.05) is 13.3 Å². The molecule has 2 N–H and O–H groups in total. The first-order valence-corrected chi connectivity index (χ1v) is 4.10. The SMILES string of the molecule is CCCC(O)CCCCO.[Zr]. The van der Waals surface area contributed by atoms with E-state index >= 15 is 0 Å². The van der Waals surface area contributed by atoms with Crippen LogP contribution in [-0.4, -0.2) is 22.9 Å². The van der Waals surface area contributed by atoms with Crippen molar-refractivity contribution in [1.82, 2.24) is 0 Å². The molecule has 0 bridgehead atoms. The summed E-state index contributed by atoms with van der Waals surface area (Å²) in [5, 5.41) is 17.6. The van der Waals surface area contributed by atoms with Gasteiger partial charge in [0.15, 0.2) is 0 Å². The van der Waals surface area contributed by atoms with E-state index in [4.69, 9.17) is 5.11 Å². The first-order valence-electron chi connectivity index (χ1n) is 4.10. The predicted molar refractivity (Wildman–Crippen MR) is 41.9 cm³/mol. The molecule has 0 aromatic rings. The molecule has 0 aromatic carbocycles. The molecular formula is C8H18O2Zr. The van der Waals surface area contributed by atoms with Crippen LogP contribution in [0.4, 0.5) is 0 Å². The monoisotopic (exact) mass is 236 g/mol. The third-order valence-corrected chi connectivity index (χ3v) is 1.57. The minimum Gasteiger partial charge on any atom is -0.396 e. The standard InChI is InChI=1S/C8H18O2.Zr/c1-2-5-8(10)6-3-4-7-9;/h8-10H,2-7H2,1H3;. The van der Waals surface area contributed by atoms with Gasteiger partial charge in [-0.15, -0.1) is 0 Å². The summed E-state index contributed by atoms with van der Waals surface area (Å²) in [6, 6.07) is 0. The van der Waals surface area contributed by atoms with E-state index < -0.39 is 0 Å². The summed E-state index contributed by atoms with van der Waals surface area (Å²) in [7, 11) is 0. The quantitative estimate of drug-likeness (QED) is 0.684. The zero-order valence-electron chi connectivity index (χ0n) is 7.21. The van der Waals surface area contributed by atoms with Crippen molar-refractivity contribution >= 4 is 0 Å². The second kappa shape index (κ2) is 10.8. The van der Waals surface area contributed by atoms with E-state index in [9.17, 15) is 5.11 Å². The maximum Gasteiger partial charge on any atom is 0.0540 e. The molecule has 0 heterocycles. The first-order chi connectivity index (χ1) is 4.81. The Morgan fingerprint density at radius 3 is 2.27 bits per heavy atom. The molecule has 1 unspecified atom stereocenters. The molecule has 0 rings (SSSR count). The Bertz CT molecular complexity index is 69.1. The van der Waals surface area contributed by atoms with Crippen LogP contribution >= 0.6 is 0 Å². The molecule has 0 saturated carbocycles. The van der Waals surface area contributed by atoms with Gasteiger partial charge in [-0.2, -0.15) is 0 Å². The zero-order valence-corrected chi connectivity index (χ0v) is 9.67. The first kappa shape index (κ1) is 14.3. The van der Waals surface area contributed by atoms with E-state index in [1.807, 2.05) is 0 Å². The van der Waals surface area contributed by atoms with Gasteiger partial charge in [0.25, 0.3) is 0 Å². The average molecular weight is 237 g/mol. The Morgan fingerprint density at radius 2 is 1.82 bits per heavy atom. The van der Waals surface area contributed by atoms with E-state index in [1.165, 1.54) is 0 Å². The Balaban J connectivity index is 0. The summed E-state index contributed by atoms with van der Waals surface area (Å²) in [5.74, 6) is 0. The molecule has 0 aromatic heterocycles. The van der Waals surface area contributed by atoms with Crippen molar-refractivity contribution in [2.45, 2.75) is 45.1 Å². The fourth-order valence-corrected chi connectivity index (χ4v) is 0.969. The summed E-state index contributed by atoms with van der Waals surface area (Å²) in [6.45, 7) is 2.31. The molecule has 0 aliphatic carbocycles. The normalized spacial score (nSPS) is 12.3. The Hall–Kier alpha value is 0.803. The van der Waals surface area contributed by atoms with Crippen LogP contribution in [0.2, 0.25) is 0 Å². The second-order valence-corrected chi connectivity index (χ2v) is 2.66. The molecule has 0 aliphatic heterocycles. The van der Waals surface area contributed by atoms with Crippen molar-refractivity contribution < 1.29 is 36.4 Å². The topological polar surface area (TPSA) is 40.5 Å². The van der Waals surface area contributed by atoms with Crippen LogP contribution in [0.25, 0.3) is 0 Å². The minimum absolute atomic E-state index is 0. The molecule has 1 atom stereocenters. The van der Waals surface area contributed by atoms with Gasteiger partial charge in [0, 0.05) is 32.8 Å². The van der Waals surface area contributed by atoms with Crippen molar-refractivity contribution in [2.24, 2.45) is 0 Å². The zero-order chi connectivity index (χ0) is 7.82. The van der Waals surface area contributed by atoms with Gasteiger partial charge >= 0.3 is 0 Å². The molecule has 0 saturated heterocycles. The van der Waals surface area contributed by atoms with Crippen molar-refractivity contribution in [2.75, 3.05) is 6.61 Å². The molecule has 2 nitrogen and oxygen atoms in total. The van der Waals surface area contributed by atoms with Crippen molar-refractivity contribution in [3.8, 4) is 0 Å². The Labute approximate surface area is 88.1 Å². The minimum atomic E-state index is -0.142. The third kappa shape index (κ3) is 10.8. The van der Waals surface area contributed by atoms with Gasteiger partial charge in [0.2, 0.25) is 0 Å². The van der Waals surface area contributed by atoms with Crippen LogP contribution in [0.1, 0.15) is 39.0 Å². The number of unbranched alkanes of at least 4 members (excludes halogenated alkanes) is 1. The van der Waals surface area contributed by atoms with E-state index in [0.717, 1.165) is 32.1 Å². The maximum atomic E-state index is 9.19. The number of hydrogen-bond donors (Lipinski definition) is 2. The number of rotatable bonds is 6. The smallest absolute Gasteiger partial charge is 0.0540 e. The summed E-state index contributed by atoms with van der Waals surface area (Å²) in [6.07, 6.45) is 4.40. The number of aliphatic hydroxyl groups is 2. The number of aliphatic hydroxyl groups excluding tert-OH is 2. The summed E-state index contributed by atoms with van der Waals surface area (Å²) in [5.41, 5.74) is 0. The van der Waals surface area contributed by atoms with E-state index in [2.05, 4.69) is 6.92 Å². The van der Waals surface area contributed by atoms with Crippen molar-refractivity contribution in [1.29, 1.82) is 0 Å². The van der Waals surface area contributed by atoms with Gasteiger partial charge in [0.1, 0.15) is 0 Å². The predicted octanol–water partition coefficient (Wildman–Crippen LogP) is 1.31. The van der Waals surface area contributed by atoms with Crippen LogP contribution in [-0.2, 0) is 26.2 Å². The van der Waals surface area contributed by atoms with Crippen LogP contribution < -0.4 is 0 Å². The van der Waals surface area contributed by atoms with Crippen LogP contribution in [0.15, 0.2) is 0 Å². The molecule has 0 radical (unpaired) electrons. The second-order valence-electron chi connectivity index (χ2n) is 2.66. The van der Waals surface area contributed by atoms with E-state index in [0.29, 0.717) is 0 Å². The van der Waals surface area contributed by atoms with Gasteiger partial charge in [-0.3, -0.25) is 0 Å². The number of hydrogen-bond acceptors (Lipinski definition) is 2. The molecule has 0 spiro atoms. The van der Waals surface area contributed by atoms with Crippen LogP contribution in [0.3, 0.4) is 0 Å². The molecule has 66 valence electrons. The fraction of sp³-hybridized carbons (Fsp3) is 1.00. The van der Waals surface area contributed by atoms with Crippen LogP contribution in [0, 0.1) is 0 Å². The third-order valence-electron chi connectivity index (χ3n) is 1.57. The Morgan fingerprint density at radius 1 is 1.18 bits per heavy atom. The van der Waals surface area contributed by atoms with Crippen molar-refractivity contribution in [3.63, 3.8) is 0 Å². The largest absolute Gasteiger partial charge is 0.396 e. The molecule has 0 fully saturated rings. The Kier molecular flexibility index (Phi) is 14.1. The van der Waals surface area contributed by atoms with Gasteiger partial charge < -0.3 is 10.2 Å². The van der Waals surface area contributed by atoms with Gasteiger partial charge in [-0.25, -0.2) is 0 Å². The fourth-order valence-electron chi connectivity index (χ4n) is 0.969. The summed E-state index contributed by atoms with van der Waals surface area (Å²) < 4.78 is 0. The summed E-state index contributed by atoms with van der Waals surface area (Å²) in [4.78, 5) is 0. The average Bonchev–Trinajstić information content (AvgIpc) is 1.89. The molecule has 11 heavy (non-hydrogen) atoms. The molecular weight excluding hydrogens is 219 g/mol. The summed E-state index contributed by atoms with van der Waals surface area (Å²) >= 11 is 0. The molecule has 0 amide bonds. The van der Waals surface area contributed by atoms with E-state index in [1.54, 1.807) is 0 Å². The van der Waals surface area contributed by atoms with E-state index in [-0.39, 0.29) is 38.9 Å². The van der Waals surface area contributed by atoms with Gasteiger partial charge in [0.05, 0.1) is 6.10 Å².